The molecule has 0 aliphatic rings. The van der Waals surface area contributed by atoms with Gasteiger partial charge in [-0.1, -0.05) is 23.2 Å². The minimum atomic E-state index is -3.92. The van der Waals surface area contributed by atoms with Gasteiger partial charge in [0.1, 0.15) is 15.8 Å². The second kappa shape index (κ2) is 5.40. The Morgan fingerprint density at radius 1 is 1.30 bits per heavy atom. The number of hydrogen-bond acceptors (Lipinski definition) is 4. The van der Waals surface area contributed by atoms with Gasteiger partial charge in [0, 0.05) is 6.07 Å². The quantitative estimate of drug-likeness (QED) is 0.817. The summed E-state index contributed by atoms with van der Waals surface area (Å²) >= 11 is 12.3. The van der Waals surface area contributed by atoms with Crippen molar-refractivity contribution >= 4 is 50.2 Å². The smallest absolute Gasteiger partial charge is 0.271 e. The maximum absolute atomic E-state index is 13.1. The summed E-state index contributed by atoms with van der Waals surface area (Å²) in [6.07, 6.45) is 0. The third-order valence-corrected chi connectivity index (χ3v) is 6.07. The lowest BCUT2D eigenvalue weighted by Crippen LogP contribution is -2.11. The predicted octanol–water partition coefficient (Wildman–Crippen LogP) is 4.01. The van der Waals surface area contributed by atoms with Gasteiger partial charge in [-0.2, -0.15) is 0 Å². The van der Waals surface area contributed by atoms with Gasteiger partial charge < -0.3 is 5.11 Å². The Morgan fingerprint density at radius 3 is 2.50 bits per heavy atom. The molecule has 4 nitrogen and oxygen atoms in total. The Hall–Kier alpha value is -1.02. The first kappa shape index (κ1) is 15.4. The molecule has 0 aliphatic heterocycles. The first-order valence-electron chi connectivity index (χ1n) is 5.17. The van der Waals surface area contributed by atoms with Crippen LogP contribution in [0.5, 0.6) is 5.75 Å². The van der Waals surface area contributed by atoms with Crippen LogP contribution < -0.4 is 4.72 Å². The predicted molar refractivity (Wildman–Crippen MR) is 77.9 cm³/mol. The minimum absolute atomic E-state index is 0.0140. The van der Waals surface area contributed by atoms with Crippen molar-refractivity contribution in [2.45, 2.75) is 11.1 Å². The third-order valence-electron chi connectivity index (χ3n) is 2.38. The van der Waals surface area contributed by atoms with E-state index in [-0.39, 0.29) is 14.9 Å². The Balaban J connectivity index is 2.40. The number of aromatic hydroxyl groups is 1. The number of nitrogens with one attached hydrogen (secondary N) is 1. The molecule has 0 atom stereocenters. The standard InChI is InChI=1S/C11H8Cl2FNO3S2/c1-5-2-10(19-11(5)13)20(17,18)15-8-3-6(12)7(14)4-9(8)16/h2-4,15-16H,1H3. The molecule has 0 fully saturated rings. The second-order valence-electron chi connectivity index (χ2n) is 3.91. The number of rotatable bonds is 3. The van der Waals surface area contributed by atoms with Gasteiger partial charge >= 0.3 is 0 Å². The lowest BCUT2D eigenvalue weighted by atomic mass is 10.3. The normalized spacial score (nSPS) is 11.6. The average molecular weight is 356 g/mol. The number of phenolic OH excluding ortho intramolecular Hbond substituents is 1. The van der Waals surface area contributed by atoms with Crippen LogP contribution in [0.2, 0.25) is 9.36 Å². The van der Waals surface area contributed by atoms with Crippen LogP contribution in [0, 0.1) is 12.7 Å². The van der Waals surface area contributed by atoms with Gasteiger partial charge in [-0.15, -0.1) is 11.3 Å². The highest BCUT2D eigenvalue weighted by Gasteiger charge is 2.20. The highest BCUT2D eigenvalue weighted by molar-refractivity contribution is 7.94. The molecular formula is C11H8Cl2FNO3S2. The van der Waals surface area contributed by atoms with Gasteiger partial charge in [-0.25, -0.2) is 12.8 Å². The van der Waals surface area contributed by atoms with E-state index in [2.05, 4.69) is 4.72 Å². The number of aryl methyl sites for hydroxylation is 1. The largest absolute Gasteiger partial charge is 0.506 e. The highest BCUT2D eigenvalue weighted by Crippen LogP contribution is 2.34. The lowest BCUT2D eigenvalue weighted by molar-refractivity contribution is 0.471. The van der Waals surface area contributed by atoms with E-state index < -0.39 is 21.6 Å². The molecule has 1 aromatic heterocycles. The van der Waals surface area contributed by atoms with E-state index in [1.807, 2.05) is 0 Å². The molecule has 2 N–H and O–H groups in total. The van der Waals surface area contributed by atoms with Crippen molar-refractivity contribution in [2.24, 2.45) is 0 Å². The molecule has 108 valence electrons. The van der Waals surface area contributed by atoms with Crippen LogP contribution in [-0.4, -0.2) is 13.5 Å². The van der Waals surface area contributed by atoms with E-state index in [9.17, 15) is 17.9 Å². The second-order valence-corrected chi connectivity index (χ2v) is 7.88. The SMILES string of the molecule is Cc1cc(S(=O)(=O)Nc2cc(Cl)c(F)cc2O)sc1Cl. The van der Waals surface area contributed by atoms with Crippen molar-refractivity contribution < 1.29 is 17.9 Å². The number of sulfonamides is 1. The fourth-order valence-electron chi connectivity index (χ4n) is 1.38. The number of phenols is 1. The van der Waals surface area contributed by atoms with Crippen LogP contribution in [-0.2, 0) is 10.0 Å². The molecule has 2 aromatic rings. The van der Waals surface area contributed by atoms with Crippen molar-refractivity contribution in [3.8, 4) is 5.75 Å². The molecule has 9 heteroatoms. The molecule has 1 heterocycles. The summed E-state index contributed by atoms with van der Waals surface area (Å²) in [6.45, 7) is 1.67. The number of halogens is 3. The summed E-state index contributed by atoms with van der Waals surface area (Å²) in [6, 6.07) is 3.12. The van der Waals surface area contributed by atoms with E-state index in [1.165, 1.54) is 6.07 Å². The number of thiophene rings is 1. The summed E-state index contributed by atoms with van der Waals surface area (Å²) in [7, 11) is -3.92. The van der Waals surface area contributed by atoms with Crippen LogP contribution in [0.15, 0.2) is 22.4 Å². The van der Waals surface area contributed by atoms with E-state index in [0.29, 0.717) is 9.90 Å². The van der Waals surface area contributed by atoms with E-state index in [4.69, 9.17) is 23.2 Å². The van der Waals surface area contributed by atoms with Crippen molar-refractivity contribution in [3.63, 3.8) is 0 Å². The van der Waals surface area contributed by atoms with Crippen molar-refractivity contribution in [1.82, 2.24) is 0 Å². The molecule has 0 amide bonds. The molecule has 2 rings (SSSR count). The van der Waals surface area contributed by atoms with Crippen LogP contribution in [0.1, 0.15) is 5.56 Å². The topological polar surface area (TPSA) is 66.4 Å². The minimum Gasteiger partial charge on any atom is -0.506 e. The maximum atomic E-state index is 13.1. The molecule has 0 bridgehead atoms. The number of anilines is 1. The van der Waals surface area contributed by atoms with Gasteiger partial charge in [0.25, 0.3) is 10.0 Å². The Labute approximate surface area is 128 Å². The summed E-state index contributed by atoms with van der Waals surface area (Å²) in [4.78, 5) is 0. The molecule has 0 saturated heterocycles. The lowest BCUT2D eigenvalue weighted by Gasteiger charge is -2.09. The molecular weight excluding hydrogens is 348 g/mol. The number of hydrogen-bond donors (Lipinski definition) is 2. The monoisotopic (exact) mass is 355 g/mol. The third kappa shape index (κ3) is 3.01. The molecule has 0 unspecified atom stereocenters. The van der Waals surface area contributed by atoms with Crippen molar-refractivity contribution in [1.29, 1.82) is 0 Å². The maximum Gasteiger partial charge on any atom is 0.271 e. The molecule has 1 aromatic carbocycles. The zero-order valence-electron chi connectivity index (χ0n) is 9.95. The first-order chi connectivity index (χ1) is 9.20. The van der Waals surface area contributed by atoms with Crippen LogP contribution in [0.25, 0.3) is 0 Å². The Bertz CT molecular complexity index is 755. The zero-order valence-corrected chi connectivity index (χ0v) is 13.1. The fourth-order valence-corrected chi connectivity index (χ4v) is 4.31. The highest BCUT2D eigenvalue weighted by atomic mass is 35.5. The molecule has 0 aliphatic carbocycles. The number of benzene rings is 1. The Kier molecular flexibility index (Phi) is 4.15. The average Bonchev–Trinajstić information content (AvgIpc) is 2.67. The Morgan fingerprint density at radius 2 is 1.95 bits per heavy atom. The zero-order chi connectivity index (χ0) is 15.1. The van der Waals surface area contributed by atoms with E-state index >= 15 is 0 Å². The van der Waals surface area contributed by atoms with Gasteiger partial charge in [0.15, 0.2) is 0 Å². The van der Waals surface area contributed by atoms with E-state index in [0.717, 1.165) is 23.5 Å². The first-order valence-corrected chi connectivity index (χ1v) is 8.23. The van der Waals surface area contributed by atoms with Crippen LogP contribution >= 0.6 is 34.5 Å². The molecule has 0 radical (unpaired) electrons. The van der Waals surface area contributed by atoms with E-state index in [1.54, 1.807) is 6.92 Å². The summed E-state index contributed by atoms with van der Waals surface area (Å²) < 4.78 is 39.8. The summed E-state index contributed by atoms with van der Waals surface area (Å²) in [5.41, 5.74) is 0.414. The van der Waals surface area contributed by atoms with Gasteiger partial charge in [-0.3, -0.25) is 4.72 Å². The molecule has 20 heavy (non-hydrogen) atoms. The van der Waals surface area contributed by atoms with Crippen molar-refractivity contribution in [2.75, 3.05) is 4.72 Å². The molecule has 0 spiro atoms. The van der Waals surface area contributed by atoms with Crippen LogP contribution in [0.3, 0.4) is 0 Å². The summed E-state index contributed by atoms with van der Waals surface area (Å²) in [5.74, 6) is -1.41. The van der Waals surface area contributed by atoms with Gasteiger partial charge in [-0.05, 0) is 24.6 Å². The fraction of sp³-hybridized carbons (Fsp3) is 0.0909. The van der Waals surface area contributed by atoms with Gasteiger partial charge in [0.05, 0.1) is 15.0 Å². The van der Waals surface area contributed by atoms with Gasteiger partial charge in [0.2, 0.25) is 0 Å². The van der Waals surface area contributed by atoms with Crippen LogP contribution in [0.4, 0.5) is 10.1 Å². The molecule has 0 saturated carbocycles. The summed E-state index contributed by atoms with van der Waals surface area (Å²) in [5, 5.41) is 9.23. The van der Waals surface area contributed by atoms with Crippen molar-refractivity contribution in [3.05, 3.63) is 38.9 Å².